The summed E-state index contributed by atoms with van der Waals surface area (Å²) < 4.78 is 1.72. The smallest absolute Gasteiger partial charge is 0.264 e. The highest BCUT2D eigenvalue weighted by Gasteiger charge is 2.20. The number of carbonyl (C=O) groups is 1. The van der Waals surface area contributed by atoms with Crippen LogP contribution in [-0.4, -0.2) is 17.5 Å². The highest BCUT2D eigenvalue weighted by atomic mass is 16.2. The summed E-state index contributed by atoms with van der Waals surface area (Å²) in [6, 6.07) is 23.4. The third-order valence-corrected chi connectivity index (χ3v) is 6.32. The van der Waals surface area contributed by atoms with Crippen molar-refractivity contribution in [2.75, 3.05) is 11.9 Å². The lowest BCUT2D eigenvalue weighted by atomic mass is 10.0. The van der Waals surface area contributed by atoms with Gasteiger partial charge in [0.15, 0.2) is 0 Å². The highest BCUT2D eigenvalue weighted by Crippen LogP contribution is 2.21. The number of anilines is 1. The molecular weight excluding hydrogens is 396 g/mol. The minimum Gasteiger partial charge on any atom is -0.311 e. The van der Waals surface area contributed by atoms with Gasteiger partial charge in [-0.05, 0) is 72.2 Å². The van der Waals surface area contributed by atoms with Crippen molar-refractivity contribution in [2.45, 2.75) is 33.7 Å². The molecule has 32 heavy (non-hydrogen) atoms. The van der Waals surface area contributed by atoms with E-state index in [4.69, 9.17) is 0 Å². The summed E-state index contributed by atoms with van der Waals surface area (Å²) in [6.07, 6.45) is 0.936. The van der Waals surface area contributed by atoms with Crippen LogP contribution in [0.15, 0.2) is 77.6 Å². The zero-order valence-corrected chi connectivity index (χ0v) is 19.1. The van der Waals surface area contributed by atoms with Crippen LogP contribution in [0.3, 0.4) is 0 Å². The minimum atomic E-state index is -0.306. The minimum absolute atomic E-state index is 0.177. The topological polar surface area (TPSA) is 42.3 Å². The van der Waals surface area contributed by atoms with Crippen molar-refractivity contribution in [2.24, 2.45) is 0 Å². The van der Waals surface area contributed by atoms with Gasteiger partial charge in [-0.2, -0.15) is 0 Å². The summed E-state index contributed by atoms with van der Waals surface area (Å²) in [6.45, 7) is 6.65. The van der Waals surface area contributed by atoms with Crippen molar-refractivity contribution in [3.63, 3.8) is 0 Å². The predicted octanol–water partition coefficient (Wildman–Crippen LogP) is 5.51. The first-order chi connectivity index (χ1) is 15.4. The van der Waals surface area contributed by atoms with Gasteiger partial charge in [0.25, 0.3) is 11.5 Å². The predicted molar refractivity (Wildman–Crippen MR) is 132 cm³/mol. The van der Waals surface area contributed by atoms with Gasteiger partial charge in [0.2, 0.25) is 0 Å². The van der Waals surface area contributed by atoms with Crippen molar-refractivity contribution in [3.8, 4) is 0 Å². The zero-order valence-electron chi connectivity index (χ0n) is 19.1. The van der Waals surface area contributed by atoms with Crippen LogP contribution in [0.25, 0.3) is 10.9 Å². The van der Waals surface area contributed by atoms with Gasteiger partial charge >= 0.3 is 0 Å². The van der Waals surface area contributed by atoms with Crippen molar-refractivity contribution < 1.29 is 4.79 Å². The van der Waals surface area contributed by atoms with E-state index in [1.54, 1.807) is 22.6 Å². The quantitative estimate of drug-likeness (QED) is 0.424. The number of aromatic nitrogens is 1. The third kappa shape index (κ3) is 3.96. The Kier molecular flexibility index (Phi) is 5.95. The average molecular weight is 425 g/mol. The van der Waals surface area contributed by atoms with Crippen LogP contribution < -0.4 is 10.5 Å². The molecule has 0 saturated heterocycles. The van der Waals surface area contributed by atoms with Gasteiger partial charge in [-0.3, -0.25) is 9.59 Å². The van der Waals surface area contributed by atoms with Gasteiger partial charge in [0.05, 0.1) is 12.1 Å². The Morgan fingerprint density at radius 1 is 0.938 bits per heavy atom. The SMILES string of the molecule is CCc1ccc(N(C)C(=O)c2cc3ccccc3n(Cc3cccc(C)c3C)c2=O)cc1. The maximum absolute atomic E-state index is 13.6. The lowest BCUT2D eigenvalue weighted by molar-refractivity contribution is 0.0991. The molecule has 0 saturated carbocycles. The molecule has 0 aliphatic heterocycles. The number of rotatable bonds is 5. The van der Waals surface area contributed by atoms with E-state index < -0.39 is 0 Å². The monoisotopic (exact) mass is 424 g/mol. The van der Waals surface area contributed by atoms with Crippen molar-refractivity contribution >= 4 is 22.5 Å². The summed E-state index contributed by atoms with van der Waals surface area (Å²) in [5, 5.41) is 0.871. The molecule has 162 valence electrons. The lowest BCUT2D eigenvalue weighted by Gasteiger charge is -2.20. The summed E-state index contributed by atoms with van der Waals surface area (Å²) in [5.41, 5.74) is 6.12. The van der Waals surface area contributed by atoms with Gasteiger partial charge in [-0.15, -0.1) is 0 Å². The molecule has 1 amide bonds. The molecule has 3 aromatic carbocycles. The van der Waals surface area contributed by atoms with Crippen LogP contribution in [0.4, 0.5) is 5.69 Å². The van der Waals surface area contributed by atoms with Crippen LogP contribution in [0.1, 0.15) is 39.5 Å². The molecule has 0 atom stereocenters. The first-order valence-electron chi connectivity index (χ1n) is 11.0. The fourth-order valence-electron chi connectivity index (χ4n) is 4.04. The van der Waals surface area contributed by atoms with Gasteiger partial charge in [0, 0.05) is 12.7 Å². The van der Waals surface area contributed by atoms with E-state index in [0.717, 1.165) is 34.1 Å². The molecule has 0 spiro atoms. The Bertz CT molecular complexity index is 1350. The first kappa shape index (κ1) is 21.6. The summed E-state index contributed by atoms with van der Waals surface area (Å²) in [4.78, 5) is 28.5. The molecule has 0 radical (unpaired) electrons. The second-order valence-corrected chi connectivity index (χ2v) is 8.25. The Hall–Kier alpha value is -3.66. The van der Waals surface area contributed by atoms with E-state index in [1.165, 1.54) is 11.1 Å². The molecule has 0 unspecified atom stereocenters. The molecule has 1 heterocycles. The zero-order chi connectivity index (χ0) is 22.8. The molecule has 0 fully saturated rings. The van der Waals surface area contributed by atoms with Crippen molar-refractivity contribution in [3.05, 3.63) is 111 Å². The van der Waals surface area contributed by atoms with Gasteiger partial charge in [-0.25, -0.2) is 0 Å². The fourth-order valence-corrected chi connectivity index (χ4v) is 4.04. The van der Waals surface area contributed by atoms with E-state index in [-0.39, 0.29) is 17.0 Å². The number of aryl methyl sites for hydroxylation is 2. The molecule has 0 aliphatic carbocycles. The molecule has 4 nitrogen and oxygen atoms in total. The number of carbonyl (C=O) groups excluding carboxylic acids is 1. The number of fused-ring (bicyclic) bond motifs is 1. The van der Waals surface area contributed by atoms with Gasteiger partial charge in [-0.1, -0.05) is 55.5 Å². The number of amides is 1. The fraction of sp³-hybridized carbons (Fsp3) is 0.214. The largest absolute Gasteiger partial charge is 0.311 e. The third-order valence-electron chi connectivity index (χ3n) is 6.32. The van der Waals surface area contributed by atoms with Crippen LogP contribution >= 0.6 is 0 Å². The van der Waals surface area contributed by atoms with E-state index in [0.29, 0.717) is 6.54 Å². The second kappa shape index (κ2) is 8.83. The number of pyridine rings is 1. The molecule has 0 N–H and O–H groups in total. The Labute approximate surface area is 188 Å². The van der Waals surface area contributed by atoms with E-state index >= 15 is 0 Å². The molecule has 4 heteroatoms. The summed E-state index contributed by atoms with van der Waals surface area (Å²) in [7, 11) is 1.72. The Morgan fingerprint density at radius 3 is 2.38 bits per heavy atom. The summed E-state index contributed by atoms with van der Waals surface area (Å²) in [5.74, 6) is -0.306. The van der Waals surface area contributed by atoms with Gasteiger partial charge < -0.3 is 9.47 Å². The maximum Gasteiger partial charge on any atom is 0.264 e. The normalized spacial score (nSPS) is 11.0. The van der Waals surface area contributed by atoms with Crippen LogP contribution in [0.5, 0.6) is 0 Å². The van der Waals surface area contributed by atoms with Crippen LogP contribution in [-0.2, 0) is 13.0 Å². The molecule has 1 aromatic heterocycles. The number of nitrogens with zero attached hydrogens (tertiary/aromatic N) is 2. The number of hydrogen-bond acceptors (Lipinski definition) is 2. The van der Waals surface area contributed by atoms with Crippen molar-refractivity contribution in [1.82, 2.24) is 4.57 Å². The van der Waals surface area contributed by atoms with E-state index in [2.05, 4.69) is 26.8 Å². The Morgan fingerprint density at radius 2 is 1.66 bits per heavy atom. The van der Waals surface area contributed by atoms with Crippen LogP contribution in [0.2, 0.25) is 0 Å². The van der Waals surface area contributed by atoms with Crippen LogP contribution in [0, 0.1) is 13.8 Å². The van der Waals surface area contributed by atoms with Crippen molar-refractivity contribution in [1.29, 1.82) is 0 Å². The molecule has 4 rings (SSSR count). The highest BCUT2D eigenvalue weighted by molar-refractivity contribution is 6.07. The number of hydrogen-bond donors (Lipinski definition) is 0. The maximum atomic E-state index is 13.6. The first-order valence-corrected chi connectivity index (χ1v) is 11.0. The second-order valence-electron chi connectivity index (χ2n) is 8.25. The lowest BCUT2D eigenvalue weighted by Crippen LogP contribution is -2.35. The molecule has 0 aliphatic rings. The molecule has 0 bridgehead atoms. The standard InChI is InChI=1S/C28H28N2O2/c1-5-21-13-15-24(16-14-21)29(4)27(31)25-17-22-10-6-7-12-26(22)30(28(25)32)18-23-11-8-9-19(2)20(23)3/h6-17H,5,18H2,1-4H3. The summed E-state index contributed by atoms with van der Waals surface area (Å²) >= 11 is 0. The Balaban J connectivity index is 1.81. The molecular formula is C28H28N2O2. The molecule has 4 aromatic rings. The van der Waals surface area contributed by atoms with E-state index in [9.17, 15) is 9.59 Å². The van der Waals surface area contributed by atoms with Gasteiger partial charge in [0.1, 0.15) is 5.56 Å². The number of para-hydroxylation sites is 1. The number of benzene rings is 3. The average Bonchev–Trinajstić information content (AvgIpc) is 2.82. The van der Waals surface area contributed by atoms with E-state index in [1.807, 2.05) is 60.7 Å².